The first-order chi connectivity index (χ1) is 19.0. The average Bonchev–Trinajstić information content (AvgIpc) is 2.96. The Balaban J connectivity index is 1.39. The van der Waals surface area contributed by atoms with Crippen LogP contribution in [0.15, 0.2) is 54.6 Å². The van der Waals surface area contributed by atoms with Gasteiger partial charge in [-0.2, -0.15) is 4.39 Å². The van der Waals surface area contributed by atoms with Gasteiger partial charge in [0.2, 0.25) is 5.82 Å². The maximum Gasteiger partial charge on any atom is 0.201 e. The van der Waals surface area contributed by atoms with Gasteiger partial charge in [0.05, 0.1) is 6.61 Å². The van der Waals surface area contributed by atoms with Crippen LogP contribution < -0.4 is 4.74 Å². The van der Waals surface area contributed by atoms with E-state index in [1.807, 2.05) is 24.3 Å². The molecule has 0 saturated heterocycles. The van der Waals surface area contributed by atoms with Crippen LogP contribution in [0.25, 0.3) is 22.3 Å². The molecule has 0 aliphatic heterocycles. The van der Waals surface area contributed by atoms with Gasteiger partial charge in [0, 0.05) is 5.56 Å². The van der Waals surface area contributed by atoms with Gasteiger partial charge in [0.25, 0.3) is 0 Å². The summed E-state index contributed by atoms with van der Waals surface area (Å²) in [5.74, 6) is -0.977. The third-order valence-electron chi connectivity index (χ3n) is 8.33. The summed E-state index contributed by atoms with van der Waals surface area (Å²) >= 11 is 0. The molecule has 1 nitrogen and oxygen atoms in total. The first-order valence-electron chi connectivity index (χ1n) is 15.0. The Morgan fingerprint density at radius 3 is 2.03 bits per heavy atom. The zero-order valence-corrected chi connectivity index (χ0v) is 23.6. The summed E-state index contributed by atoms with van der Waals surface area (Å²) in [6.07, 6.45) is 13.7. The van der Waals surface area contributed by atoms with Crippen LogP contribution in [0.4, 0.5) is 13.2 Å². The highest BCUT2D eigenvalue weighted by Crippen LogP contribution is 2.39. The molecule has 0 atom stereocenters. The van der Waals surface area contributed by atoms with Crippen LogP contribution in [0, 0.1) is 23.4 Å². The van der Waals surface area contributed by atoms with Crippen molar-refractivity contribution < 1.29 is 17.9 Å². The lowest BCUT2D eigenvalue weighted by atomic mass is 9.76. The lowest BCUT2D eigenvalue weighted by molar-refractivity contribution is 0.285. The van der Waals surface area contributed by atoms with E-state index in [9.17, 15) is 8.78 Å². The Morgan fingerprint density at radius 2 is 1.33 bits per heavy atom. The Hall–Kier alpha value is -2.75. The normalized spacial score (nSPS) is 17.4. The van der Waals surface area contributed by atoms with Crippen molar-refractivity contribution in [2.24, 2.45) is 5.92 Å². The third kappa shape index (κ3) is 7.68. The van der Waals surface area contributed by atoms with Gasteiger partial charge in [-0.15, -0.1) is 0 Å². The van der Waals surface area contributed by atoms with Crippen LogP contribution in [0.5, 0.6) is 5.75 Å². The molecule has 3 aromatic rings. The maximum atomic E-state index is 15.2. The van der Waals surface area contributed by atoms with Gasteiger partial charge in [0.15, 0.2) is 11.6 Å². The van der Waals surface area contributed by atoms with E-state index >= 15 is 4.39 Å². The fourth-order valence-electron chi connectivity index (χ4n) is 5.90. The second-order valence-corrected chi connectivity index (χ2v) is 11.2. The smallest absolute Gasteiger partial charge is 0.201 e. The molecule has 1 saturated carbocycles. The Bertz CT molecular complexity index is 1180. The van der Waals surface area contributed by atoms with E-state index in [4.69, 9.17) is 4.74 Å². The summed E-state index contributed by atoms with van der Waals surface area (Å²) in [6.45, 7) is 4.74. The summed E-state index contributed by atoms with van der Waals surface area (Å²) in [7, 11) is 0. The molecule has 0 amide bonds. The number of rotatable bonds is 13. The number of unbranched alkanes of at least 4 members (excludes halogenated alkanes) is 5. The average molecular weight is 537 g/mol. The van der Waals surface area contributed by atoms with Crippen molar-refractivity contribution in [2.45, 2.75) is 96.8 Å². The second-order valence-electron chi connectivity index (χ2n) is 11.2. The van der Waals surface area contributed by atoms with Gasteiger partial charge in [-0.1, -0.05) is 95.2 Å². The molecule has 0 heterocycles. The predicted molar refractivity (Wildman–Crippen MR) is 156 cm³/mol. The van der Waals surface area contributed by atoms with Crippen molar-refractivity contribution >= 4 is 0 Å². The molecule has 1 aliphatic rings. The van der Waals surface area contributed by atoms with E-state index < -0.39 is 11.6 Å². The topological polar surface area (TPSA) is 9.23 Å². The highest BCUT2D eigenvalue weighted by atomic mass is 19.2. The van der Waals surface area contributed by atoms with Gasteiger partial charge in [-0.3, -0.25) is 0 Å². The van der Waals surface area contributed by atoms with Gasteiger partial charge >= 0.3 is 0 Å². The summed E-state index contributed by atoms with van der Waals surface area (Å²) < 4.78 is 50.2. The maximum absolute atomic E-state index is 15.2. The fourth-order valence-corrected chi connectivity index (χ4v) is 5.90. The highest BCUT2D eigenvalue weighted by Gasteiger charge is 2.24. The van der Waals surface area contributed by atoms with E-state index in [1.165, 1.54) is 44.6 Å². The van der Waals surface area contributed by atoms with E-state index in [0.717, 1.165) is 61.1 Å². The summed E-state index contributed by atoms with van der Waals surface area (Å²) in [5, 5.41) is 0. The quantitative estimate of drug-likeness (QED) is 0.197. The largest absolute Gasteiger partial charge is 0.490 e. The summed E-state index contributed by atoms with van der Waals surface area (Å²) in [5.41, 5.74) is 3.21. The molecule has 1 aliphatic carbocycles. The number of benzene rings is 3. The molecule has 4 rings (SSSR count). The molecule has 0 N–H and O–H groups in total. The minimum absolute atomic E-state index is 0.0510. The fraction of sp³-hybridized carbons (Fsp3) is 0.486. The number of ether oxygens (including phenoxy) is 1. The van der Waals surface area contributed by atoms with Gasteiger partial charge in [-0.25, -0.2) is 8.78 Å². The Kier molecular flexibility index (Phi) is 10.9. The van der Waals surface area contributed by atoms with E-state index in [2.05, 4.69) is 13.8 Å². The number of hydrogen-bond donors (Lipinski definition) is 0. The standard InChI is InChI=1S/C35H43F3O/c1-3-5-7-9-23-39-33-22-21-31(34(37)35(33)38)28-17-15-26(16-18-28)29-19-20-30(32(36)24-29)27-13-11-25(12-14-27)10-8-6-4-2/h15-22,24-25,27H,3-14,23H2,1-2H3. The number of halogens is 3. The van der Waals surface area contributed by atoms with Crippen molar-refractivity contribution in [3.8, 4) is 28.0 Å². The van der Waals surface area contributed by atoms with Crippen molar-refractivity contribution in [1.82, 2.24) is 0 Å². The molecular formula is C35H43F3O. The van der Waals surface area contributed by atoms with Gasteiger partial charge < -0.3 is 4.74 Å². The van der Waals surface area contributed by atoms with E-state index in [-0.39, 0.29) is 17.1 Å². The predicted octanol–water partition coefficient (Wildman–Crippen LogP) is 11.3. The van der Waals surface area contributed by atoms with Crippen LogP contribution >= 0.6 is 0 Å². The van der Waals surface area contributed by atoms with Crippen LogP contribution in [-0.4, -0.2) is 6.61 Å². The monoisotopic (exact) mass is 536 g/mol. The molecule has 4 heteroatoms. The van der Waals surface area contributed by atoms with E-state index in [0.29, 0.717) is 18.1 Å². The Morgan fingerprint density at radius 1 is 0.667 bits per heavy atom. The molecule has 3 aromatic carbocycles. The number of hydrogen-bond acceptors (Lipinski definition) is 1. The zero-order chi connectivity index (χ0) is 27.6. The van der Waals surface area contributed by atoms with Crippen molar-refractivity contribution in [3.05, 3.63) is 77.6 Å². The molecule has 39 heavy (non-hydrogen) atoms. The minimum Gasteiger partial charge on any atom is -0.490 e. The SMILES string of the molecule is CCCCCCOc1ccc(-c2ccc(-c3ccc(C4CCC(CCCCC)CC4)c(F)c3)cc2)c(F)c1F. The van der Waals surface area contributed by atoms with Crippen LogP contribution in [0.2, 0.25) is 0 Å². The molecule has 0 spiro atoms. The van der Waals surface area contributed by atoms with Crippen LogP contribution in [0.1, 0.15) is 102 Å². The second kappa shape index (κ2) is 14.6. The molecule has 0 aromatic heterocycles. The molecule has 0 radical (unpaired) electrons. The molecule has 210 valence electrons. The first kappa shape index (κ1) is 29.2. The Labute approximate surface area is 232 Å². The van der Waals surface area contributed by atoms with Gasteiger partial charge in [0.1, 0.15) is 5.82 Å². The lowest BCUT2D eigenvalue weighted by Crippen LogP contribution is -2.14. The van der Waals surface area contributed by atoms with E-state index in [1.54, 1.807) is 24.3 Å². The van der Waals surface area contributed by atoms with Crippen molar-refractivity contribution in [1.29, 1.82) is 0 Å². The lowest BCUT2D eigenvalue weighted by Gasteiger charge is -2.29. The molecular weight excluding hydrogens is 493 g/mol. The molecule has 1 fully saturated rings. The van der Waals surface area contributed by atoms with Crippen LogP contribution in [-0.2, 0) is 0 Å². The van der Waals surface area contributed by atoms with Crippen LogP contribution in [0.3, 0.4) is 0 Å². The van der Waals surface area contributed by atoms with Crippen molar-refractivity contribution in [3.63, 3.8) is 0 Å². The molecule has 0 unspecified atom stereocenters. The summed E-state index contributed by atoms with van der Waals surface area (Å²) in [6, 6.07) is 15.8. The first-order valence-corrected chi connectivity index (χ1v) is 15.0. The third-order valence-corrected chi connectivity index (χ3v) is 8.33. The zero-order valence-electron chi connectivity index (χ0n) is 23.6. The minimum atomic E-state index is -0.959. The molecule has 0 bridgehead atoms. The summed E-state index contributed by atoms with van der Waals surface area (Å²) in [4.78, 5) is 0. The van der Waals surface area contributed by atoms with Crippen molar-refractivity contribution in [2.75, 3.05) is 6.61 Å². The highest BCUT2D eigenvalue weighted by molar-refractivity contribution is 5.71. The van der Waals surface area contributed by atoms with Gasteiger partial charge in [-0.05, 0) is 84.4 Å².